The van der Waals surface area contributed by atoms with Crippen LogP contribution in [0.25, 0.3) is 23.0 Å². The quantitative estimate of drug-likeness (QED) is 0.792. The third-order valence-electron chi connectivity index (χ3n) is 3.99. The molecule has 1 atom stereocenters. The maximum absolute atomic E-state index is 5.52. The van der Waals surface area contributed by atoms with Crippen molar-refractivity contribution in [2.24, 2.45) is 0 Å². The molecule has 0 saturated carbocycles. The van der Waals surface area contributed by atoms with Gasteiger partial charge in [-0.2, -0.15) is 4.98 Å². The Hall–Kier alpha value is -2.51. The lowest BCUT2D eigenvalue weighted by molar-refractivity contribution is 0.190. The van der Waals surface area contributed by atoms with Crippen molar-refractivity contribution in [2.75, 3.05) is 26.7 Å². The summed E-state index contributed by atoms with van der Waals surface area (Å²) in [6, 6.07) is 9.83. The molecule has 0 spiro atoms. The molecule has 7 nitrogen and oxygen atoms in total. The van der Waals surface area contributed by atoms with Crippen molar-refractivity contribution in [3.63, 3.8) is 0 Å². The Bertz CT molecular complexity index is 783. The van der Waals surface area contributed by atoms with Crippen LogP contribution in [0.1, 0.15) is 11.9 Å². The molecule has 4 rings (SSSR count). The lowest BCUT2D eigenvalue weighted by Gasteiger charge is -2.30. The molecular formula is C16H17N5O2. The second kappa shape index (κ2) is 5.94. The number of piperazine rings is 1. The molecule has 2 aromatic heterocycles. The van der Waals surface area contributed by atoms with Gasteiger partial charge in [-0.05, 0) is 19.2 Å². The molecule has 1 aliphatic rings. The Morgan fingerprint density at radius 1 is 1.17 bits per heavy atom. The monoisotopic (exact) mass is 311 g/mol. The molecule has 3 heterocycles. The SMILES string of the molecule is CN1CCNCC1c1noc(-c2coc(-c3ccccc3)n2)n1. The molecule has 0 radical (unpaired) electrons. The minimum Gasteiger partial charge on any atom is -0.444 e. The fraction of sp³-hybridized carbons (Fsp3) is 0.312. The van der Waals surface area contributed by atoms with E-state index in [-0.39, 0.29) is 6.04 Å². The minimum absolute atomic E-state index is 0.113. The van der Waals surface area contributed by atoms with E-state index in [1.54, 1.807) is 6.26 Å². The number of nitrogens with one attached hydrogen (secondary N) is 1. The zero-order valence-corrected chi connectivity index (χ0v) is 12.8. The Labute approximate surface area is 133 Å². The molecule has 0 amide bonds. The van der Waals surface area contributed by atoms with E-state index in [0.717, 1.165) is 25.2 Å². The van der Waals surface area contributed by atoms with E-state index in [9.17, 15) is 0 Å². The van der Waals surface area contributed by atoms with Gasteiger partial charge in [0.05, 0.1) is 6.04 Å². The average molecular weight is 311 g/mol. The fourth-order valence-corrected chi connectivity index (χ4v) is 2.65. The molecular weight excluding hydrogens is 294 g/mol. The summed E-state index contributed by atoms with van der Waals surface area (Å²) in [5.74, 6) is 1.58. The highest BCUT2D eigenvalue weighted by atomic mass is 16.5. The molecule has 1 unspecified atom stereocenters. The number of hydrogen-bond donors (Lipinski definition) is 1. The highest BCUT2D eigenvalue weighted by Crippen LogP contribution is 2.25. The van der Waals surface area contributed by atoms with E-state index < -0.39 is 0 Å². The van der Waals surface area contributed by atoms with Crippen LogP contribution in [0, 0.1) is 0 Å². The van der Waals surface area contributed by atoms with Crippen LogP contribution in [0.2, 0.25) is 0 Å². The first-order chi connectivity index (χ1) is 11.3. The third-order valence-corrected chi connectivity index (χ3v) is 3.99. The van der Waals surface area contributed by atoms with Crippen molar-refractivity contribution in [2.45, 2.75) is 6.04 Å². The number of rotatable bonds is 3. The van der Waals surface area contributed by atoms with Crippen LogP contribution in [-0.4, -0.2) is 46.7 Å². The highest BCUT2D eigenvalue weighted by molar-refractivity contribution is 5.57. The van der Waals surface area contributed by atoms with Crippen molar-refractivity contribution < 1.29 is 8.94 Å². The predicted octanol–water partition coefficient (Wildman–Crippen LogP) is 1.97. The molecule has 1 N–H and O–H groups in total. The summed E-state index contributed by atoms with van der Waals surface area (Å²) in [6.07, 6.45) is 1.54. The van der Waals surface area contributed by atoms with Gasteiger partial charge in [-0.1, -0.05) is 23.4 Å². The zero-order valence-electron chi connectivity index (χ0n) is 12.8. The Kier molecular flexibility index (Phi) is 3.64. The number of likely N-dealkylation sites (N-methyl/N-ethyl adjacent to an activating group) is 1. The summed E-state index contributed by atoms with van der Waals surface area (Å²) < 4.78 is 10.9. The van der Waals surface area contributed by atoms with E-state index in [2.05, 4.69) is 32.4 Å². The summed E-state index contributed by atoms with van der Waals surface area (Å²) in [5, 5.41) is 7.44. The molecule has 0 aliphatic carbocycles. The largest absolute Gasteiger partial charge is 0.444 e. The summed E-state index contributed by atoms with van der Waals surface area (Å²) in [4.78, 5) is 11.1. The van der Waals surface area contributed by atoms with Gasteiger partial charge in [-0.25, -0.2) is 4.98 Å². The number of oxazole rings is 1. The molecule has 1 fully saturated rings. The number of hydrogen-bond acceptors (Lipinski definition) is 7. The first-order valence-electron chi connectivity index (χ1n) is 7.57. The van der Waals surface area contributed by atoms with Gasteiger partial charge in [0, 0.05) is 25.2 Å². The zero-order chi connectivity index (χ0) is 15.6. The minimum atomic E-state index is 0.113. The lowest BCUT2D eigenvalue weighted by Crippen LogP contribution is -2.44. The number of aromatic nitrogens is 3. The van der Waals surface area contributed by atoms with E-state index in [1.807, 2.05) is 30.3 Å². The predicted molar refractivity (Wildman–Crippen MR) is 83.5 cm³/mol. The lowest BCUT2D eigenvalue weighted by atomic mass is 10.2. The first-order valence-corrected chi connectivity index (χ1v) is 7.57. The summed E-state index contributed by atoms with van der Waals surface area (Å²) in [7, 11) is 2.06. The molecule has 3 aromatic rings. The van der Waals surface area contributed by atoms with Gasteiger partial charge in [0.15, 0.2) is 11.5 Å². The Morgan fingerprint density at radius 3 is 2.87 bits per heavy atom. The number of nitrogens with zero attached hydrogens (tertiary/aromatic N) is 4. The van der Waals surface area contributed by atoms with Crippen LogP contribution in [0.15, 0.2) is 45.5 Å². The highest BCUT2D eigenvalue weighted by Gasteiger charge is 2.26. The molecule has 0 bridgehead atoms. The molecule has 1 saturated heterocycles. The summed E-state index contributed by atoms with van der Waals surface area (Å²) in [6.45, 7) is 2.74. The van der Waals surface area contributed by atoms with E-state index in [0.29, 0.717) is 23.3 Å². The van der Waals surface area contributed by atoms with Crippen LogP contribution in [0.3, 0.4) is 0 Å². The maximum Gasteiger partial charge on any atom is 0.279 e. The van der Waals surface area contributed by atoms with Gasteiger partial charge in [0.2, 0.25) is 5.89 Å². The molecule has 7 heteroatoms. The molecule has 1 aliphatic heterocycles. The average Bonchev–Trinajstić information content (AvgIpc) is 3.25. The second-order valence-corrected chi connectivity index (χ2v) is 5.56. The molecule has 1 aromatic carbocycles. The summed E-state index contributed by atoms with van der Waals surface area (Å²) >= 11 is 0. The van der Waals surface area contributed by atoms with Gasteiger partial charge in [0.1, 0.15) is 6.26 Å². The van der Waals surface area contributed by atoms with Crippen LogP contribution in [-0.2, 0) is 0 Å². The van der Waals surface area contributed by atoms with Gasteiger partial charge in [-0.3, -0.25) is 4.90 Å². The van der Waals surface area contributed by atoms with Crippen LogP contribution in [0.4, 0.5) is 0 Å². The molecule has 23 heavy (non-hydrogen) atoms. The maximum atomic E-state index is 5.52. The van der Waals surface area contributed by atoms with Crippen molar-refractivity contribution in [1.29, 1.82) is 0 Å². The Balaban J connectivity index is 1.59. The van der Waals surface area contributed by atoms with Gasteiger partial charge in [0.25, 0.3) is 5.89 Å². The second-order valence-electron chi connectivity index (χ2n) is 5.56. The fourth-order valence-electron chi connectivity index (χ4n) is 2.65. The smallest absolute Gasteiger partial charge is 0.279 e. The van der Waals surface area contributed by atoms with Crippen LogP contribution >= 0.6 is 0 Å². The number of benzene rings is 1. The first kappa shape index (κ1) is 14.1. The Morgan fingerprint density at radius 2 is 2.04 bits per heavy atom. The standard InChI is InChI=1S/C16H17N5O2/c1-21-8-7-17-9-13(21)14-19-16(23-20-14)12-10-22-15(18-12)11-5-3-2-4-6-11/h2-6,10,13,17H,7-9H2,1H3. The van der Waals surface area contributed by atoms with E-state index in [4.69, 9.17) is 8.94 Å². The van der Waals surface area contributed by atoms with Gasteiger partial charge >= 0.3 is 0 Å². The van der Waals surface area contributed by atoms with Crippen molar-refractivity contribution in [3.05, 3.63) is 42.4 Å². The van der Waals surface area contributed by atoms with E-state index in [1.165, 1.54) is 0 Å². The topological polar surface area (TPSA) is 80.2 Å². The van der Waals surface area contributed by atoms with Crippen molar-refractivity contribution >= 4 is 0 Å². The van der Waals surface area contributed by atoms with Crippen LogP contribution < -0.4 is 5.32 Å². The van der Waals surface area contributed by atoms with Gasteiger partial charge in [-0.15, -0.1) is 0 Å². The van der Waals surface area contributed by atoms with Gasteiger partial charge < -0.3 is 14.3 Å². The normalized spacial score (nSPS) is 19.1. The van der Waals surface area contributed by atoms with Crippen molar-refractivity contribution in [1.82, 2.24) is 25.3 Å². The third kappa shape index (κ3) is 2.76. The molecule has 118 valence electrons. The van der Waals surface area contributed by atoms with Crippen molar-refractivity contribution in [3.8, 4) is 23.0 Å². The summed E-state index contributed by atoms with van der Waals surface area (Å²) in [5.41, 5.74) is 1.46. The van der Waals surface area contributed by atoms with E-state index >= 15 is 0 Å². The van der Waals surface area contributed by atoms with Crippen LogP contribution in [0.5, 0.6) is 0 Å².